The van der Waals surface area contributed by atoms with Crippen molar-refractivity contribution < 1.29 is 19.8 Å². The highest BCUT2D eigenvalue weighted by Gasteiger charge is 2.46. The Kier molecular flexibility index (Phi) is 4.00. The summed E-state index contributed by atoms with van der Waals surface area (Å²) in [6.45, 7) is 12.2. The van der Waals surface area contributed by atoms with E-state index in [0.717, 1.165) is 0 Å². The van der Waals surface area contributed by atoms with Gasteiger partial charge in [0.1, 0.15) is 11.3 Å². The number of H-pyrrole nitrogens is 1. The first-order valence-corrected chi connectivity index (χ1v) is 8.85. The quantitative estimate of drug-likeness (QED) is 0.632. The molecule has 28 heavy (non-hydrogen) atoms. The Morgan fingerprint density at radius 2 is 1.46 bits per heavy atom. The summed E-state index contributed by atoms with van der Waals surface area (Å²) in [5, 5.41) is 28.9. The summed E-state index contributed by atoms with van der Waals surface area (Å²) in [7, 11) is 0. The lowest BCUT2D eigenvalue weighted by Gasteiger charge is -2.28. The van der Waals surface area contributed by atoms with E-state index in [-0.39, 0.29) is 22.3 Å². The average Bonchev–Trinajstić information content (AvgIpc) is 2.99. The number of amides is 1. The molecule has 0 fully saturated rings. The topological polar surface area (TPSA) is 128 Å². The Labute approximate surface area is 161 Å². The Bertz CT molecular complexity index is 1070. The number of allylic oxidation sites excluding steroid dienone is 2. The Balaban J connectivity index is 2.16. The zero-order valence-corrected chi connectivity index (χ0v) is 17.0. The number of aromatic amines is 1. The summed E-state index contributed by atoms with van der Waals surface area (Å²) in [6.07, 6.45) is 0. The molecule has 0 spiro atoms. The third-order valence-electron chi connectivity index (χ3n) is 4.63. The van der Waals surface area contributed by atoms with Gasteiger partial charge in [-0.05, 0) is 48.5 Å². The number of nitrogens with zero attached hydrogens (tertiary/aromatic N) is 3. The fourth-order valence-corrected chi connectivity index (χ4v) is 3.25. The molecule has 0 unspecified atom stereocenters. The minimum absolute atomic E-state index is 0.00680. The number of aliphatic hydroxyl groups excluding tert-OH is 1. The van der Waals surface area contributed by atoms with Crippen molar-refractivity contribution in [2.45, 2.75) is 59.5 Å². The molecule has 1 amide bonds. The number of nitrogens with one attached hydrogen (secondary N) is 1. The predicted octanol–water partition coefficient (Wildman–Crippen LogP) is 1.80. The standard InChI is InChI=1S/C19H24N4O5/c1-8-9(16(27)22(20-8)18(2,3)4)10-13(24)11(14(10)25)12-15(26)21-23(17(12)28)19(5,6)7/h24,28H,1-7H3,(H,21,26)/b10-9-. The summed E-state index contributed by atoms with van der Waals surface area (Å²) in [6, 6.07) is 0. The van der Waals surface area contributed by atoms with Gasteiger partial charge in [0.25, 0.3) is 11.5 Å². The van der Waals surface area contributed by atoms with Gasteiger partial charge in [0.05, 0.1) is 33.5 Å². The van der Waals surface area contributed by atoms with Crippen molar-refractivity contribution in [1.29, 1.82) is 0 Å². The van der Waals surface area contributed by atoms with Gasteiger partial charge in [-0.15, -0.1) is 0 Å². The van der Waals surface area contributed by atoms with E-state index in [1.165, 1.54) is 9.69 Å². The average molecular weight is 388 g/mol. The number of aromatic nitrogens is 2. The Hall–Kier alpha value is -3.10. The first kappa shape index (κ1) is 19.7. The van der Waals surface area contributed by atoms with Gasteiger partial charge in [-0.25, -0.2) is 9.69 Å². The van der Waals surface area contributed by atoms with Crippen LogP contribution in [0.25, 0.3) is 5.57 Å². The molecule has 9 nitrogen and oxygen atoms in total. The maximum absolute atomic E-state index is 12.8. The second-order valence-corrected chi connectivity index (χ2v) is 8.92. The van der Waals surface area contributed by atoms with Crippen molar-refractivity contribution in [1.82, 2.24) is 14.8 Å². The summed E-state index contributed by atoms with van der Waals surface area (Å²) in [4.78, 5) is 37.9. The minimum Gasteiger partial charge on any atom is -0.506 e. The molecule has 1 aliphatic carbocycles. The van der Waals surface area contributed by atoms with Gasteiger partial charge in [-0.3, -0.25) is 19.5 Å². The van der Waals surface area contributed by atoms with Gasteiger partial charge in [-0.1, -0.05) is 0 Å². The second kappa shape index (κ2) is 5.70. The number of aromatic hydroxyl groups is 1. The molecule has 9 heteroatoms. The molecule has 0 bridgehead atoms. The first-order chi connectivity index (χ1) is 12.7. The molecule has 3 N–H and O–H groups in total. The van der Waals surface area contributed by atoms with Crippen molar-refractivity contribution >= 4 is 23.0 Å². The molecule has 2 heterocycles. The number of ketones is 1. The van der Waals surface area contributed by atoms with Crippen molar-refractivity contribution in [2.75, 3.05) is 0 Å². The van der Waals surface area contributed by atoms with Crippen LogP contribution in [0.4, 0.5) is 0 Å². The highest BCUT2D eigenvalue weighted by Crippen LogP contribution is 2.42. The summed E-state index contributed by atoms with van der Waals surface area (Å²) in [5.41, 5.74) is -2.44. The van der Waals surface area contributed by atoms with E-state index >= 15 is 0 Å². The van der Waals surface area contributed by atoms with E-state index in [1.807, 2.05) is 0 Å². The zero-order chi connectivity index (χ0) is 21.3. The number of carbonyl (C=O) groups excluding carboxylic acids is 2. The summed E-state index contributed by atoms with van der Waals surface area (Å²) >= 11 is 0. The number of hydrogen-bond acceptors (Lipinski definition) is 6. The van der Waals surface area contributed by atoms with Crippen LogP contribution in [0.1, 0.15) is 54.0 Å². The van der Waals surface area contributed by atoms with Crippen LogP contribution in [0.15, 0.2) is 26.8 Å². The van der Waals surface area contributed by atoms with E-state index in [1.54, 1.807) is 48.5 Å². The largest absolute Gasteiger partial charge is 0.506 e. The first-order valence-electron chi connectivity index (χ1n) is 8.85. The van der Waals surface area contributed by atoms with Gasteiger partial charge in [0.15, 0.2) is 0 Å². The van der Waals surface area contributed by atoms with Crippen LogP contribution in [-0.4, -0.2) is 47.9 Å². The molecule has 1 aromatic heterocycles. The van der Waals surface area contributed by atoms with Gasteiger partial charge in [0, 0.05) is 0 Å². The van der Waals surface area contributed by atoms with Crippen LogP contribution in [-0.2, 0) is 15.1 Å². The van der Waals surface area contributed by atoms with Crippen LogP contribution in [0.3, 0.4) is 0 Å². The normalized spacial score (nSPS) is 20.8. The molecule has 0 saturated carbocycles. The summed E-state index contributed by atoms with van der Waals surface area (Å²) < 4.78 is 1.22. The third-order valence-corrected chi connectivity index (χ3v) is 4.63. The monoisotopic (exact) mass is 388 g/mol. The SMILES string of the molecule is CC1=NN(C(C)(C)C)C(=O)/C1=C1\C(=O)C(c2c(O)n(C(C)(C)C)[nH]c2=O)=C1O. The van der Waals surface area contributed by atoms with E-state index in [2.05, 4.69) is 10.2 Å². The fourth-order valence-electron chi connectivity index (χ4n) is 3.25. The molecule has 1 aliphatic heterocycles. The molecule has 0 atom stereocenters. The van der Waals surface area contributed by atoms with Gasteiger partial charge in [-0.2, -0.15) is 5.10 Å². The smallest absolute Gasteiger partial charge is 0.277 e. The number of hydrogen-bond donors (Lipinski definition) is 3. The summed E-state index contributed by atoms with van der Waals surface area (Å²) in [5.74, 6) is -2.12. The molecule has 150 valence electrons. The lowest BCUT2D eigenvalue weighted by atomic mass is 9.80. The lowest BCUT2D eigenvalue weighted by Crippen LogP contribution is -2.40. The van der Waals surface area contributed by atoms with Crippen LogP contribution in [0, 0.1) is 0 Å². The van der Waals surface area contributed by atoms with Crippen molar-refractivity contribution in [3.63, 3.8) is 0 Å². The van der Waals surface area contributed by atoms with Gasteiger partial charge >= 0.3 is 0 Å². The maximum atomic E-state index is 12.8. The van der Waals surface area contributed by atoms with Crippen LogP contribution in [0.5, 0.6) is 5.88 Å². The van der Waals surface area contributed by atoms with Crippen molar-refractivity contribution in [3.05, 3.63) is 32.8 Å². The number of carbonyl (C=O) groups is 2. The van der Waals surface area contributed by atoms with E-state index in [0.29, 0.717) is 5.71 Å². The van der Waals surface area contributed by atoms with Gasteiger partial charge < -0.3 is 10.2 Å². The number of rotatable bonds is 1. The fraction of sp³-hybridized carbons (Fsp3) is 0.474. The van der Waals surface area contributed by atoms with Crippen molar-refractivity contribution in [3.8, 4) is 5.88 Å². The molecule has 0 aromatic carbocycles. The Morgan fingerprint density at radius 3 is 1.86 bits per heavy atom. The van der Waals surface area contributed by atoms with E-state index in [9.17, 15) is 24.6 Å². The molecule has 0 radical (unpaired) electrons. The number of hydrazone groups is 1. The number of Topliss-reactive ketones (excluding diaryl/α,β-unsaturated/α-hetero) is 1. The lowest BCUT2D eigenvalue weighted by molar-refractivity contribution is -0.130. The zero-order valence-electron chi connectivity index (χ0n) is 17.0. The third kappa shape index (κ3) is 2.61. The van der Waals surface area contributed by atoms with Crippen LogP contribution in [0.2, 0.25) is 0 Å². The van der Waals surface area contributed by atoms with Crippen LogP contribution < -0.4 is 5.56 Å². The van der Waals surface area contributed by atoms with Crippen LogP contribution >= 0.6 is 0 Å². The molecule has 3 rings (SSSR count). The second-order valence-electron chi connectivity index (χ2n) is 8.92. The highest BCUT2D eigenvalue weighted by molar-refractivity contribution is 6.44. The minimum atomic E-state index is -0.703. The Morgan fingerprint density at radius 1 is 0.893 bits per heavy atom. The van der Waals surface area contributed by atoms with E-state index in [4.69, 9.17) is 0 Å². The molecular formula is C19H24N4O5. The predicted molar refractivity (Wildman–Crippen MR) is 103 cm³/mol. The van der Waals surface area contributed by atoms with Crippen molar-refractivity contribution in [2.24, 2.45) is 5.10 Å². The van der Waals surface area contributed by atoms with Gasteiger partial charge in [0.2, 0.25) is 11.7 Å². The highest BCUT2D eigenvalue weighted by atomic mass is 16.3. The molecular weight excluding hydrogens is 364 g/mol. The molecule has 1 aromatic rings. The van der Waals surface area contributed by atoms with E-state index < -0.39 is 40.0 Å². The molecule has 0 saturated heterocycles. The molecule has 2 aliphatic rings. The number of aliphatic hydroxyl groups is 1. The maximum Gasteiger partial charge on any atom is 0.277 e.